The Bertz CT molecular complexity index is 530. The van der Waals surface area contributed by atoms with Gasteiger partial charge in [-0.25, -0.2) is 0 Å². The first-order valence-corrected chi connectivity index (χ1v) is 9.91. The first-order chi connectivity index (χ1) is 11.1. The second kappa shape index (κ2) is 7.12. The van der Waals surface area contributed by atoms with Crippen LogP contribution in [0.5, 0.6) is 0 Å². The summed E-state index contributed by atoms with van der Waals surface area (Å²) in [6, 6.07) is -0.915. The summed E-state index contributed by atoms with van der Waals surface area (Å²) in [4.78, 5) is 52.6. The van der Waals surface area contributed by atoms with E-state index in [0.29, 0.717) is 36.2 Å². The summed E-state index contributed by atoms with van der Waals surface area (Å²) in [5, 5.41) is 0. The molecule has 0 saturated carbocycles. The van der Waals surface area contributed by atoms with Crippen molar-refractivity contribution >= 4 is 47.5 Å². The standard InChI is InChI=1S/C14H19N3O4S2/c18-5-10-6-22-8-16(10)14(21)11-7-23-9-17(11)13(20)4-15-3-1-2-12(15)19/h5,10-11H,1-4,6-9H2/t10-,11+/m1/s1. The van der Waals surface area contributed by atoms with E-state index < -0.39 is 12.1 Å². The maximum absolute atomic E-state index is 12.7. The third-order valence-electron chi connectivity index (χ3n) is 4.34. The normalized spacial score (nSPS) is 27.8. The van der Waals surface area contributed by atoms with E-state index in [0.717, 1.165) is 12.7 Å². The first-order valence-electron chi connectivity index (χ1n) is 7.60. The Morgan fingerprint density at radius 3 is 2.61 bits per heavy atom. The highest BCUT2D eigenvalue weighted by Gasteiger charge is 2.41. The predicted octanol–water partition coefficient (Wildman–Crippen LogP) is -0.389. The summed E-state index contributed by atoms with van der Waals surface area (Å²) in [7, 11) is 0. The van der Waals surface area contributed by atoms with Gasteiger partial charge in [0.25, 0.3) is 0 Å². The van der Waals surface area contributed by atoms with Crippen molar-refractivity contribution < 1.29 is 19.2 Å². The van der Waals surface area contributed by atoms with Gasteiger partial charge in [-0.05, 0) is 6.42 Å². The van der Waals surface area contributed by atoms with Gasteiger partial charge in [0.2, 0.25) is 17.7 Å². The number of rotatable bonds is 4. The Hall–Kier alpha value is -1.22. The van der Waals surface area contributed by atoms with E-state index in [1.807, 2.05) is 0 Å². The van der Waals surface area contributed by atoms with Crippen molar-refractivity contribution in [1.82, 2.24) is 14.7 Å². The largest absolute Gasteiger partial charge is 0.333 e. The number of carbonyl (C=O) groups excluding carboxylic acids is 4. The summed E-state index contributed by atoms with van der Waals surface area (Å²) in [5.74, 6) is 1.79. The van der Waals surface area contributed by atoms with Crippen molar-refractivity contribution in [3.05, 3.63) is 0 Å². The van der Waals surface area contributed by atoms with E-state index in [9.17, 15) is 19.2 Å². The van der Waals surface area contributed by atoms with Gasteiger partial charge in [0.05, 0.1) is 24.3 Å². The lowest BCUT2D eigenvalue weighted by Crippen LogP contribution is -2.52. The Labute approximate surface area is 143 Å². The summed E-state index contributed by atoms with van der Waals surface area (Å²) >= 11 is 3.08. The second-order valence-electron chi connectivity index (χ2n) is 5.81. The molecule has 2 atom stereocenters. The average Bonchev–Trinajstić information content (AvgIpc) is 3.27. The molecule has 0 radical (unpaired) electrons. The van der Waals surface area contributed by atoms with Crippen molar-refractivity contribution in [3.8, 4) is 0 Å². The monoisotopic (exact) mass is 357 g/mol. The Balaban J connectivity index is 1.65. The van der Waals surface area contributed by atoms with Crippen molar-refractivity contribution in [2.24, 2.45) is 0 Å². The zero-order valence-corrected chi connectivity index (χ0v) is 14.3. The van der Waals surface area contributed by atoms with Crippen molar-refractivity contribution in [2.45, 2.75) is 24.9 Å². The molecule has 3 aliphatic heterocycles. The summed E-state index contributed by atoms with van der Waals surface area (Å²) in [6.07, 6.45) is 2.08. The first kappa shape index (κ1) is 16.6. The molecule has 126 valence electrons. The minimum atomic E-state index is -0.522. The molecule has 0 N–H and O–H groups in total. The van der Waals surface area contributed by atoms with Gasteiger partial charge in [-0.1, -0.05) is 0 Å². The molecular formula is C14H19N3O4S2. The summed E-state index contributed by atoms with van der Waals surface area (Å²) < 4.78 is 0. The van der Waals surface area contributed by atoms with Crippen LogP contribution < -0.4 is 0 Å². The van der Waals surface area contributed by atoms with Crippen LogP contribution in [0.1, 0.15) is 12.8 Å². The van der Waals surface area contributed by atoms with Crippen LogP contribution in [0.25, 0.3) is 0 Å². The molecule has 0 unspecified atom stereocenters. The van der Waals surface area contributed by atoms with Gasteiger partial charge >= 0.3 is 0 Å². The number of aldehydes is 1. The van der Waals surface area contributed by atoms with Gasteiger partial charge in [0, 0.05) is 24.5 Å². The molecule has 0 bridgehead atoms. The number of hydrogen-bond acceptors (Lipinski definition) is 6. The average molecular weight is 357 g/mol. The lowest BCUT2D eigenvalue weighted by Gasteiger charge is -2.29. The van der Waals surface area contributed by atoms with Gasteiger partial charge in [0.1, 0.15) is 12.3 Å². The molecular weight excluding hydrogens is 338 g/mol. The number of nitrogens with zero attached hydrogens (tertiary/aromatic N) is 3. The third kappa shape index (κ3) is 3.35. The molecule has 0 aromatic rings. The second-order valence-corrected chi connectivity index (χ2v) is 7.81. The molecule has 0 aromatic carbocycles. The highest BCUT2D eigenvalue weighted by atomic mass is 32.2. The number of likely N-dealkylation sites (tertiary alicyclic amines) is 1. The molecule has 0 spiro atoms. The third-order valence-corrected chi connectivity index (χ3v) is 6.39. The SMILES string of the molecule is O=C[C@@H]1CSCN1C(=O)[C@@H]1CSCN1C(=O)CN1CCCC1=O. The molecule has 7 nitrogen and oxygen atoms in total. The molecule has 9 heteroatoms. The van der Waals surface area contributed by atoms with Crippen molar-refractivity contribution in [2.75, 3.05) is 36.3 Å². The van der Waals surface area contributed by atoms with Crippen LogP contribution in [0.15, 0.2) is 0 Å². The Kier molecular flexibility index (Phi) is 5.15. The Morgan fingerprint density at radius 1 is 1.17 bits per heavy atom. The lowest BCUT2D eigenvalue weighted by atomic mass is 10.2. The molecule has 3 aliphatic rings. The molecule has 0 aromatic heterocycles. The van der Waals surface area contributed by atoms with Gasteiger partial charge in [-0.2, -0.15) is 0 Å². The smallest absolute Gasteiger partial charge is 0.247 e. The van der Waals surface area contributed by atoms with E-state index in [2.05, 4.69) is 0 Å². The zero-order chi connectivity index (χ0) is 16.4. The fourth-order valence-electron chi connectivity index (χ4n) is 3.01. The molecule has 3 heterocycles. The predicted molar refractivity (Wildman–Crippen MR) is 87.8 cm³/mol. The number of carbonyl (C=O) groups is 4. The summed E-state index contributed by atoms with van der Waals surface area (Å²) in [6.45, 7) is 0.662. The van der Waals surface area contributed by atoms with Crippen LogP contribution in [0.2, 0.25) is 0 Å². The van der Waals surface area contributed by atoms with Crippen LogP contribution in [0.4, 0.5) is 0 Å². The van der Waals surface area contributed by atoms with Crippen LogP contribution in [0.3, 0.4) is 0 Å². The summed E-state index contributed by atoms with van der Waals surface area (Å²) in [5.41, 5.74) is 0. The topological polar surface area (TPSA) is 78.0 Å². The lowest BCUT2D eigenvalue weighted by molar-refractivity contribution is -0.146. The van der Waals surface area contributed by atoms with Crippen molar-refractivity contribution in [1.29, 1.82) is 0 Å². The van der Waals surface area contributed by atoms with E-state index in [1.54, 1.807) is 26.5 Å². The molecule has 3 amide bonds. The minimum absolute atomic E-state index is 0.00467. The van der Waals surface area contributed by atoms with Crippen LogP contribution in [-0.2, 0) is 19.2 Å². The molecule has 23 heavy (non-hydrogen) atoms. The van der Waals surface area contributed by atoms with Gasteiger partial charge in [0.15, 0.2) is 0 Å². The molecule has 3 fully saturated rings. The number of thioether (sulfide) groups is 2. The van der Waals surface area contributed by atoms with Crippen LogP contribution in [-0.4, -0.2) is 87.1 Å². The van der Waals surface area contributed by atoms with E-state index in [4.69, 9.17) is 0 Å². The van der Waals surface area contributed by atoms with Crippen molar-refractivity contribution in [3.63, 3.8) is 0 Å². The van der Waals surface area contributed by atoms with Crippen LogP contribution >= 0.6 is 23.5 Å². The molecule has 3 rings (SSSR count). The van der Waals surface area contributed by atoms with E-state index >= 15 is 0 Å². The zero-order valence-electron chi connectivity index (χ0n) is 12.7. The van der Waals surface area contributed by atoms with E-state index in [-0.39, 0.29) is 24.3 Å². The van der Waals surface area contributed by atoms with Gasteiger partial charge in [-0.3, -0.25) is 14.4 Å². The van der Waals surface area contributed by atoms with Gasteiger partial charge in [-0.15, -0.1) is 23.5 Å². The van der Waals surface area contributed by atoms with Gasteiger partial charge < -0.3 is 19.5 Å². The fourth-order valence-corrected chi connectivity index (χ4v) is 5.30. The van der Waals surface area contributed by atoms with Crippen LogP contribution in [0, 0.1) is 0 Å². The molecule has 0 aliphatic carbocycles. The highest BCUT2D eigenvalue weighted by molar-refractivity contribution is 7.99. The quantitative estimate of drug-likeness (QED) is 0.638. The number of hydrogen-bond donors (Lipinski definition) is 0. The Morgan fingerprint density at radius 2 is 1.91 bits per heavy atom. The molecule has 3 saturated heterocycles. The highest BCUT2D eigenvalue weighted by Crippen LogP contribution is 2.27. The minimum Gasteiger partial charge on any atom is -0.333 e. The maximum atomic E-state index is 12.7. The maximum Gasteiger partial charge on any atom is 0.247 e. The number of amides is 3. The van der Waals surface area contributed by atoms with E-state index in [1.165, 1.54) is 11.8 Å². The fraction of sp³-hybridized carbons (Fsp3) is 0.714.